The molecule has 126 valence electrons. The number of benzene rings is 2. The molecule has 0 saturated carbocycles. The molecule has 6 nitrogen and oxygen atoms in total. The maximum atomic E-state index is 12.6. The molecule has 0 amide bonds. The van der Waals surface area contributed by atoms with Crippen molar-refractivity contribution in [3.63, 3.8) is 0 Å². The lowest BCUT2D eigenvalue weighted by atomic mass is 9.88. The number of rotatable bonds is 2. The van der Waals surface area contributed by atoms with E-state index in [-0.39, 0.29) is 12.8 Å². The summed E-state index contributed by atoms with van der Waals surface area (Å²) in [7, 11) is 1.57. The fourth-order valence-corrected chi connectivity index (χ4v) is 3.40. The predicted octanol–water partition coefficient (Wildman–Crippen LogP) is 3.42. The smallest absolute Gasteiger partial charge is 0.319 e. The highest BCUT2D eigenvalue weighted by atomic mass is 16.7. The Labute approximate surface area is 142 Å². The molecule has 6 heteroatoms. The average molecular weight is 338 g/mol. The summed E-state index contributed by atoms with van der Waals surface area (Å²) in [5.74, 6) is 1.56. The molecule has 25 heavy (non-hydrogen) atoms. The molecule has 1 aromatic heterocycles. The van der Waals surface area contributed by atoms with Crippen molar-refractivity contribution in [2.75, 3.05) is 13.9 Å². The number of fused-ring (bicyclic) bond motifs is 3. The largest absolute Gasteiger partial charge is 0.496 e. The van der Waals surface area contributed by atoms with Crippen LogP contribution in [-0.4, -0.2) is 19.9 Å². The summed E-state index contributed by atoms with van der Waals surface area (Å²) in [6.45, 7) is 0.165. The van der Waals surface area contributed by atoms with E-state index >= 15 is 0 Å². The maximum absolute atomic E-state index is 12.6. The van der Waals surface area contributed by atoms with Gasteiger partial charge < -0.3 is 23.4 Å². The Morgan fingerprint density at radius 1 is 1.08 bits per heavy atom. The number of furan rings is 1. The van der Waals surface area contributed by atoms with E-state index in [2.05, 4.69) is 0 Å². The Morgan fingerprint density at radius 3 is 2.76 bits per heavy atom. The molecule has 0 N–H and O–H groups in total. The first-order valence-electron chi connectivity index (χ1n) is 7.92. The highest BCUT2D eigenvalue weighted by Gasteiger charge is 2.34. The van der Waals surface area contributed by atoms with Crippen molar-refractivity contribution in [1.82, 2.24) is 0 Å². The van der Waals surface area contributed by atoms with E-state index in [1.165, 1.54) is 0 Å². The van der Waals surface area contributed by atoms with E-state index in [4.69, 9.17) is 23.4 Å². The summed E-state index contributed by atoms with van der Waals surface area (Å²) in [4.78, 5) is 12.6. The van der Waals surface area contributed by atoms with Gasteiger partial charge in [-0.15, -0.1) is 0 Å². The van der Waals surface area contributed by atoms with Crippen LogP contribution in [0.1, 0.15) is 17.0 Å². The third-order valence-electron chi connectivity index (χ3n) is 4.65. The monoisotopic (exact) mass is 338 g/mol. The van der Waals surface area contributed by atoms with Crippen LogP contribution in [0, 0.1) is 0 Å². The number of carbonyl (C=O) groups excluding carboxylic acids is 1. The minimum atomic E-state index is -0.471. The lowest BCUT2D eigenvalue weighted by Gasteiger charge is -2.25. The highest BCUT2D eigenvalue weighted by Crippen LogP contribution is 2.44. The lowest BCUT2D eigenvalue weighted by molar-refractivity contribution is -0.137. The summed E-state index contributed by atoms with van der Waals surface area (Å²) in [6, 6.07) is 9.19. The molecule has 3 heterocycles. The van der Waals surface area contributed by atoms with Crippen molar-refractivity contribution < 1.29 is 28.2 Å². The first-order valence-corrected chi connectivity index (χ1v) is 7.92. The highest BCUT2D eigenvalue weighted by molar-refractivity contribution is 5.88. The van der Waals surface area contributed by atoms with Crippen LogP contribution in [0.5, 0.6) is 23.0 Å². The lowest BCUT2D eigenvalue weighted by Crippen LogP contribution is -2.26. The molecule has 2 aromatic carbocycles. The van der Waals surface area contributed by atoms with Crippen molar-refractivity contribution in [3.05, 3.63) is 47.7 Å². The number of esters is 1. The van der Waals surface area contributed by atoms with E-state index in [1.54, 1.807) is 31.6 Å². The van der Waals surface area contributed by atoms with Gasteiger partial charge in [-0.2, -0.15) is 0 Å². The van der Waals surface area contributed by atoms with Gasteiger partial charge in [0.15, 0.2) is 11.5 Å². The topological polar surface area (TPSA) is 67.1 Å². The van der Waals surface area contributed by atoms with Gasteiger partial charge in [-0.3, -0.25) is 4.79 Å². The minimum absolute atomic E-state index is 0.165. The molecule has 2 aliphatic rings. The van der Waals surface area contributed by atoms with Crippen LogP contribution in [0.15, 0.2) is 41.0 Å². The van der Waals surface area contributed by atoms with Crippen LogP contribution >= 0.6 is 0 Å². The van der Waals surface area contributed by atoms with Crippen molar-refractivity contribution in [3.8, 4) is 23.0 Å². The molecule has 1 unspecified atom stereocenters. The van der Waals surface area contributed by atoms with Gasteiger partial charge >= 0.3 is 5.97 Å². The van der Waals surface area contributed by atoms with Gasteiger partial charge in [0.05, 0.1) is 19.3 Å². The Kier molecular flexibility index (Phi) is 2.94. The van der Waals surface area contributed by atoms with Crippen LogP contribution in [0.2, 0.25) is 0 Å². The fraction of sp³-hybridized carbons (Fsp3) is 0.211. The molecule has 0 bridgehead atoms. The number of hydrogen-bond acceptors (Lipinski definition) is 6. The van der Waals surface area contributed by atoms with Gasteiger partial charge in [0.1, 0.15) is 17.1 Å². The van der Waals surface area contributed by atoms with Crippen LogP contribution < -0.4 is 18.9 Å². The van der Waals surface area contributed by atoms with Crippen LogP contribution in [0.25, 0.3) is 11.0 Å². The van der Waals surface area contributed by atoms with Crippen LogP contribution in [-0.2, 0) is 11.2 Å². The Hall–Kier alpha value is -3.15. The van der Waals surface area contributed by atoms with Gasteiger partial charge in [-0.05, 0) is 30.2 Å². The van der Waals surface area contributed by atoms with Crippen LogP contribution in [0.4, 0.5) is 0 Å². The van der Waals surface area contributed by atoms with E-state index in [9.17, 15) is 4.79 Å². The fourth-order valence-electron chi connectivity index (χ4n) is 3.40. The minimum Gasteiger partial charge on any atom is -0.496 e. The van der Waals surface area contributed by atoms with Gasteiger partial charge in [-0.25, -0.2) is 0 Å². The molecule has 0 aliphatic carbocycles. The van der Waals surface area contributed by atoms with Gasteiger partial charge in [-0.1, -0.05) is 0 Å². The molecule has 0 radical (unpaired) electrons. The maximum Gasteiger partial charge on any atom is 0.319 e. The third kappa shape index (κ3) is 2.14. The van der Waals surface area contributed by atoms with Gasteiger partial charge in [0.2, 0.25) is 6.79 Å². The molecule has 5 rings (SSSR count). The van der Waals surface area contributed by atoms with Gasteiger partial charge in [0, 0.05) is 23.1 Å². The first kappa shape index (κ1) is 14.2. The zero-order chi connectivity index (χ0) is 17.0. The van der Waals surface area contributed by atoms with Gasteiger partial charge in [0.25, 0.3) is 0 Å². The molecular formula is C19H14O6. The summed E-state index contributed by atoms with van der Waals surface area (Å²) < 4.78 is 27.2. The Morgan fingerprint density at radius 2 is 1.92 bits per heavy atom. The van der Waals surface area contributed by atoms with Crippen molar-refractivity contribution in [2.24, 2.45) is 0 Å². The number of ether oxygens (including phenoxy) is 4. The zero-order valence-corrected chi connectivity index (χ0v) is 13.4. The van der Waals surface area contributed by atoms with Crippen molar-refractivity contribution in [2.45, 2.75) is 12.3 Å². The van der Waals surface area contributed by atoms with E-state index in [0.29, 0.717) is 35.0 Å². The standard InChI is InChI=1S/C19H14O6/c1-21-16-8-18-17(23-9-24-18)6-12(16)13-5-11-4-10-2-3-22-14(10)7-15(11)25-19(13)20/h2-4,6-8,13H,5,9H2,1H3. The number of carbonyl (C=O) groups is 1. The summed E-state index contributed by atoms with van der Waals surface area (Å²) >= 11 is 0. The van der Waals surface area contributed by atoms with Crippen molar-refractivity contribution >= 4 is 16.9 Å². The number of methoxy groups -OCH3 is 1. The normalized spacial score (nSPS) is 18.1. The molecular weight excluding hydrogens is 324 g/mol. The molecule has 0 fully saturated rings. The zero-order valence-electron chi connectivity index (χ0n) is 13.4. The molecule has 0 spiro atoms. The number of hydrogen-bond donors (Lipinski definition) is 0. The van der Waals surface area contributed by atoms with Crippen molar-refractivity contribution in [1.29, 1.82) is 0 Å². The second-order valence-corrected chi connectivity index (χ2v) is 6.04. The summed E-state index contributed by atoms with van der Waals surface area (Å²) in [5, 5.41) is 0.980. The quantitative estimate of drug-likeness (QED) is 0.527. The van der Waals surface area contributed by atoms with E-state index in [0.717, 1.165) is 16.5 Å². The second-order valence-electron chi connectivity index (χ2n) is 6.04. The third-order valence-corrected chi connectivity index (χ3v) is 4.65. The van der Waals surface area contributed by atoms with E-state index in [1.807, 2.05) is 12.1 Å². The molecule has 2 aliphatic heterocycles. The predicted molar refractivity (Wildman–Crippen MR) is 87.4 cm³/mol. The first-order chi connectivity index (χ1) is 12.2. The summed E-state index contributed by atoms with van der Waals surface area (Å²) in [5.41, 5.74) is 2.39. The molecule has 1 atom stereocenters. The Bertz CT molecular complexity index is 1000. The SMILES string of the molecule is COc1cc2c(cc1C1Cc3cc4ccoc4cc3OC1=O)OCO2. The summed E-state index contributed by atoms with van der Waals surface area (Å²) in [6.07, 6.45) is 2.14. The molecule has 0 saturated heterocycles. The molecule has 3 aromatic rings. The van der Waals surface area contributed by atoms with E-state index < -0.39 is 5.92 Å². The van der Waals surface area contributed by atoms with Crippen LogP contribution in [0.3, 0.4) is 0 Å². The average Bonchev–Trinajstić information content (AvgIpc) is 3.26. The Balaban J connectivity index is 1.60. The second kappa shape index (κ2) is 5.17.